The smallest absolute Gasteiger partial charge is 0.251 e. The Bertz CT molecular complexity index is 439. The van der Waals surface area contributed by atoms with Crippen molar-refractivity contribution in [3.05, 3.63) is 29.8 Å². The van der Waals surface area contributed by atoms with Crippen LogP contribution in [-0.2, 0) is 0 Å². The third kappa shape index (κ3) is 4.74. The highest BCUT2D eigenvalue weighted by atomic mass is 16.3. The molecule has 0 aromatic heterocycles. The maximum atomic E-state index is 12.1. The van der Waals surface area contributed by atoms with E-state index >= 15 is 0 Å². The summed E-state index contributed by atoms with van der Waals surface area (Å²) in [5, 5.41) is 11.8. The number of hydrogen-bond acceptors (Lipinski definition) is 3. The van der Waals surface area contributed by atoms with Crippen molar-refractivity contribution >= 4 is 11.6 Å². The van der Waals surface area contributed by atoms with E-state index in [4.69, 9.17) is 5.11 Å². The largest absolute Gasteiger partial charge is 0.396 e. The maximum Gasteiger partial charge on any atom is 0.251 e. The van der Waals surface area contributed by atoms with Gasteiger partial charge in [0.05, 0.1) is 0 Å². The highest BCUT2D eigenvalue weighted by Gasteiger charge is 2.12. The molecule has 2 rings (SSSR count). The molecule has 2 N–H and O–H groups in total. The summed E-state index contributed by atoms with van der Waals surface area (Å²) in [5.74, 6) is 0.261. The van der Waals surface area contributed by atoms with Gasteiger partial charge in [-0.15, -0.1) is 0 Å². The summed E-state index contributed by atoms with van der Waals surface area (Å²) in [6.07, 6.45) is 4.55. The third-order valence-electron chi connectivity index (χ3n) is 4.08. The van der Waals surface area contributed by atoms with Crippen LogP contribution in [0.1, 0.15) is 43.0 Å². The Balaban J connectivity index is 1.87. The minimum Gasteiger partial charge on any atom is -0.396 e. The van der Waals surface area contributed by atoms with Crippen LogP contribution >= 0.6 is 0 Å². The van der Waals surface area contributed by atoms with Crippen LogP contribution in [0.4, 0.5) is 5.69 Å². The first-order valence-electron chi connectivity index (χ1n) is 7.95. The molecule has 0 saturated carbocycles. The van der Waals surface area contributed by atoms with Gasteiger partial charge in [-0.1, -0.05) is 6.92 Å². The molecule has 0 bridgehead atoms. The molecule has 1 heterocycles. The van der Waals surface area contributed by atoms with Crippen molar-refractivity contribution in [3.8, 4) is 0 Å². The number of nitrogens with zero attached hydrogens (tertiary/aromatic N) is 1. The predicted molar refractivity (Wildman–Crippen MR) is 85.7 cm³/mol. The third-order valence-corrected chi connectivity index (χ3v) is 4.08. The van der Waals surface area contributed by atoms with E-state index in [0.29, 0.717) is 24.4 Å². The molecular weight excluding hydrogens is 264 g/mol. The Hall–Kier alpha value is -1.55. The fourth-order valence-electron chi connectivity index (χ4n) is 2.67. The van der Waals surface area contributed by atoms with Crippen molar-refractivity contribution in [1.82, 2.24) is 5.32 Å². The number of rotatable bonds is 6. The lowest BCUT2D eigenvalue weighted by molar-refractivity contribution is 0.0945. The van der Waals surface area contributed by atoms with E-state index in [1.165, 1.54) is 24.9 Å². The van der Waals surface area contributed by atoms with E-state index in [9.17, 15) is 4.79 Å². The average Bonchev–Trinajstić information content (AvgIpc) is 2.54. The van der Waals surface area contributed by atoms with E-state index in [1.54, 1.807) is 0 Å². The highest BCUT2D eigenvalue weighted by molar-refractivity contribution is 5.94. The molecule has 1 atom stereocenters. The molecule has 1 fully saturated rings. The molecule has 0 aliphatic carbocycles. The van der Waals surface area contributed by atoms with Gasteiger partial charge in [0.15, 0.2) is 0 Å². The zero-order chi connectivity index (χ0) is 15.1. The van der Waals surface area contributed by atoms with Crippen LogP contribution in [0.3, 0.4) is 0 Å². The number of aliphatic hydroxyl groups excluding tert-OH is 1. The lowest BCUT2D eigenvalue weighted by Crippen LogP contribution is -2.30. The fraction of sp³-hybridized carbons (Fsp3) is 0.588. The first-order chi connectivity index (χ1) is 10.2. The topological polar surface area (TPSA) is 52.6 Å². The van der Waals surface area contributed by atoms with Gasteiger partial charge in [-0.25, -0.2) is 0 Å². The fourth-order valence-corrected chi connectivity index (χ4v) is 2.67. The second-order valence-electron chi connectivity index (χ2n) is 5.92. The molecule has 0 spiro atoms. The van der Waals surface area contributed by atoms with Crippen LogP contribution in [0.25, 0.3) is 0 Å². The van der Waals surface area contributed by atoms with E-state index in [-0.39, 0.29) is 12.5 Å². The lowest BCUT2D eigenvalue weighted by Gasteiger charge is -2.28. The number of benzene rings is 1. The molecule has 1 aliphatic heterocycles. The molecule has 0 radical (unpaired) electrons. The molecule has 4 nitrogen and oxygen atoms in total. The van der Waals surface area contributed by atoms with Crippen LogP contribution in [0, 0.1) is 5.92 Å². The van der Waals surface area contributed by atoms with Crippen molar-refractivity contribution in [2.75, 3.05) is 31.1 Å². The number of carbonyl (C=O) groups is 1. The summed E-state index contributed by atoms with van der Waals surface area (Å²) in [6, 6.07) is 7.88. The molecule has 1 saturated heterocycles. The first-order valence-corrected chi connectivity index (χ1v) is 7.95. The van der Waals surface area contributed by atoms with Crippen molar-refractivity contribution in [3.63, 3.8) is 0 Å². The van der Waals surface area contributed by atoms with E-state index in [0.717, 1.165) is 13.1 Å². The van der Waals surface area contributed by atoms with Crippen molar-refractivity contribution in [1.29, 1.82) is 0 Å². The van der Waals surface area contributed by atoms with Crippen LogP contribution in [0.15, 0.2) is 24.3 Å². The Morgan fingerprint density at radius 1 is 1.24 bits per heavy atom. The van der Waals surface area contributed by atoms with Crippen molar-refractivity contribution in [2.24, 2.45) is 5.92 Å². The van der Waals surface area contributed by atoms with Crippen molar-refractivity contribution < 1.29 is 9.90 Å². The number of amides is 1. The number of nitrogens with one attached hydrogen (secondary N) is 1. The Morgan fingerprint density at radius 2 is 1.90 bits per heavy atom. The van der Waals surface area contributed by atoms with Gasteiger partial charge in [0.25, 0.3) is 5.91 Å². The van der Waals surface area contributed by atoms with Gasteiger partial charge < -0.3 is 15.3 Å². The standard InChI is InChI=1S/C17H26N2O2/c1-14(9-12-20)13-18-17(21)15-5-7-16(8-6-15)19-10-3-2-4-11-19/h5-8,14,20H,2-4,9-13H2,1H3,(H,18,21). The number of piperidine rings is 1. The Kier molecular flexibility index (Phi) is 6.05. The number of carbonyl (C=O) groups excluding carboxylic acids is 1. The quantitative estimate of drug-likeness (QED) is 0.846. The van der Waals surface area contributed by atoms with Gasteiger partial charge in [-0.05, 0) is 55.9 Å². The molecule has 116 valence electrons. The van der Waals surface area contributed by atoms with Gasteiger partial charge in [0.1, 0.15) is 0 Å². The predicted octanol–water partition coefficient (Wildman–Crippen LogP) is 2.43. The molecular formula is C17H26N2O2. The first kappa shape index (κ1) is 15.8. The lowest BCUT2D eigenvalue weighted by atomic mass is 10.1. The summed E-state index contributed by atoms with van der Waals surface area (Å²) in [6.45, 7) is 5.03. The second kappa shape index (κ2) is 8.03. The van der Waals surface area contributed by atoms with E-state index in [2.05, 4.69) is 10.2 Å². The Morgan fingerprint density at radius 3 is 2.52 bits per heavy atom. The van der Waals surface area contributed by atoms with Gasteiger partial charge in [0, 0.05) is 37.5 Å². The van der Waals surface area contributed by atoms with Crippen molar-refractivity contribution in [2.45, 2.75) is 32.6 Å². The molecule has 1 unspecified atom stereocenters. The number of anilines is 1. The normalized spacial score (nSPS) is 16.6. The summed E-state index contributed by atoms with van der Waals surface area (Å²) in [4.78, 5) is 14.4. The highest BCUT2D eigenvalue weighted by Crippen LogP contribution is 2.20. The minimum absolute atomic E-state index is 0.0371. The summed E-state index contributed by atoms with van der Waals surface area (Å²) >= 11 is 0. The summed E-state index contributed by atoms with van der Waals surface area (Å²) in [5.41, 5.74) is 1.91. The van der Waals surface area contributed by atoms with E-state index in [1.807, 2.05) is 31.2 Å². The molecule has 21 heavy (non-hydrogen) atoms. The van der Waals surface area contributed by atoms with Gasteiger partial charge in [-0.2, -0.15) is 0 Å². The molecule has 1 aromatic carbocycles. The van der Waals surface area contributed by atoms with Gasteiger partial charge in [-0.3, -0.25) is 4.79 Å². The average molecular weight is 290 g/mol. The van der Waals surface area contributed by atoms with Crippen LogP contribution in [-0.4, -0.2) is 37.3 Å². The zero-order valence-corrected chi connectivity index (χ0v) is 12.8. The molecule has 1 aliphatic rings. The zero-order valence-electron chi connectivity index (χ0n) is 12.8. The number of aliphatic hydroxyl groups is 1. The SMILES string of the molecule is CC(CCO)CNC(=O)c1ccc(N2CCCCC2)cc1. The molecule has 1 amide bonds. The molecule has 4 heteroatoms. The van der Waals surface area contributed by atoms with Crippen LogP contribution < -0.4 is 10.2 Å². The van der Waals surface area contributed by atoms with Crippen LogP contribution in [0.5, 0.6) is 0 Å². The summed E-state index contributed by atoms with van der Waals surface area (Å²) < 4.78 is 0. The van der Waals surface area contributed by atoms with Crippen LogP contribution in [0.2, 0.25) is 0 Å². The van der Waals surface area contributed by atoms with Gasteiger partial charge in [0.2, 0.25) is 0 Å². The maximum absolute atomic E-state index is 12.1. The monoisotopic (exact) mass is 290 g/mol. The Labute approximate surface area is 127 Å². The van der Waals surface area contributed by atoms with Gasteiger partial charge >= 0.3 is 0 Å². The summed E-state index contributed by atoms with van der Waals surface area (Å²) in [7, 11) is 0. The van der Waals surface area contributed by atoms with E-state index < -0.39 is 0 Å². The number of hydrogen-bond donors (Lipinski definition) is 2. The second-order valence-corrected chi connectivity index (χ2v) is 5.92. The molecule has 1 aromatic rings. The minimum atomic E-state index is -0.0371.